The van der Waals surface area contributed by atoms with Gasteiger partial charge in [0.2, 0.25) is 0 Å². The number of methoxy groups -OCH3 is 1. The van der Waals surface area contributed by atoms with Crippen LogP contribution in [0.25, 0.3) is 5.70 Å². The van der Waals surface area contributed by atoms with Gasteiger partial charge in [0, 0.05) is 23.4 Å². The first-order valence-electron chi connectivity index (χ1n) is 9.08. The first-order chi connectivity index (χ1) is 12.7. The van der Waals surface area contributed by atoms with Crippen molar-refractivity contribution < 1.29 is 13.9 Å². The summed E-state index contributed by atoms with van der Waals surface area (Å²) in [5.41, 5.74) is 2.16. The maximum atomic E-state index is 13.3. The highest BCUT2D eigenvalue weighted by molar-refractivity contribution is 6.08. The van der Waals surface area contributed by atoms with Crippen molar-refractivity contribution >= 4 is 11.5 Å². The van der Waals surface area contributed by atoms with E-state index < -0.39 is 0 Å². The molecular weight excluding hydrogens is 329 g/mol. The SMILES string of the molecule is COc1ccc(C(=O)/C=C(\NC2CCCCC2)c2ccc(F)cc2)cc1. The van der Waals surface area contributed by atoms with Gasteiger partial charge in [-0.2, -0.15) is 0 Å². The van der Waals surface area contributed by atoms with Gasteiger partial charge in [-0.1, -0.05) is 19.3 Å². The first-order valence-corrected chi connectivity index (χ1v) is 9.08. The van der Waals surface area contributed by atoms with Gasteiger partial charge in [0.1, 0.15) is 11.6 Å². The summed E-state index contributed by atoms with van der Waals surface area (Å²) in [6.07, 6.45) is 7.45. The van der Waals surface area contributed by atoms with Gasteiger partial charge < -0.3 is 10.1 Å². The molecule has 0 aromatic heterocycles. The third-order valence-electron chi connectivity index (χ3n) is 4.77. The van der Waals surface area contributed by atoms with E-state index in [9.17, 15) is 9.18 Å². The normalized spacial score (nSPS) is 15.5. The third kappa shape index (κ3) is 4.72. The number of allylic oxidation sites excluding steroid dienone is 1. The Kier molecular flexibility index (Phi) is 6.05. The Hall–Kier alpha value is -2.62. The Morgan fingerprint density at radius 3 is 2.23 bits per heavy atom. The number of ketones is 1. The monoisotopic (exact) mass is 353 g/mol. The second kappa shape index (κ2) is 8.65. The quantitative estimate of drug-likeness (QED) is 0.588. The Morgan fingerprint density at radius 1 is 1.00 bits per heavy atom. The average Bonchev–Trinajstić information content (AvgIpc) is 2.69. The summed E-state index contributed by atoms with van der Waals surface area (Å²) >= 11 is 0. The molecule has 0 aliphatic heterocycles. The van der Waals surface area contributed by atoms with Crippen LogP contribution in [-0.4, -0.2) is 18.9 Å². The van der Waals surface area contributed by atoms with Crippen LogP contribution in [0.2, 0.25) is 0 Å². The highest BCUT2D eigenvalue weighted by Gasteiger charge is 2.16. The molecule has 1 aliphatic carbocycles. The Labute approximate surface area is 153 Å². The van der Waals surface area contributed by atoms with Crippen LogP contribution in [0.3, 0.4) is 0 Å². The third-order valence-corrected chi connectivity index (χ3v) is 4.77. The summed E-state index contributed by atoms with van der Waals surface area (Å²) in [6, 6.07) is 13.6. The predicted octanol–water partition coefficient (Wildman–Crippen LogP) is 4.98. The zero-order chi connectivity index (χ0) is 18.4. The number of nitrogens with one attached hydrogen (secondary N) is 1. The number of rotatable bonds is 6. The molecule has 0 atom stereocenters. The fourth-order valence-electron chi connectivity index (χ4n) is 3.27. The largest absolute Gasteiger partial charge is 0.497 e. The van der Waals surface area contributed by atoms with Crippen molar-refractivity contribution in [3.05, 3.63) is 71.6 Å². The number of benzene rings is 2. The standard InChI is InChI=1S/C22H24FNO2/c1-26-20-13-9-17(10-14-20)22(25)15-21(16-7-11-18(23)12-8-16)24-19-5-3-2-4-6-19/h7-15,19,24H,2-6H2,1H3/b21-15-. The average molecular weight is 353 g/mol. The minimum atomic E-state index is -0.285. The molecule has 136 valence electrons. The van der Waals surface area contributed by atoms with E-state index in [0.717, 1.165) is 24.1 Å². The van der Waals surface area contributed by atoms with E-state index in [1.807, 2.05) is 0 Å². The molecule has 1 N–H and O–H groups in total. The van der Waals surface area contributed by atoms with Gasteiger partial charge in [-0.3, -0.25) is 4.79 Å². The minimum absolute atomic E-state index is 0.0877. The van der Waals surface area contributed by atoms with Gasteiger partial charge in [-0.15, -0.1) is 0 Å². The topological polar surface area (TPSA) is 38.3 Å². The van der Waals surface area contributed by atoms with E-state index in [2.05, 4.69) is 5.32 Å². The van der Waals surface area contributed by atoms with Gasteiger partial charge in [-0.25, -0.2) is 4.39 Å². The van der Waals surface area contributed by atoms with E-state index >= 15 is 0 Å². The van der Waals surface area contributed by atoms with Gasteiger partial charge >= 0.3 is 0 Å². The first kappa shape index (κ1) is 18.2. The summed E-state index contributed by atoms with van der Waals surface area (Å²) in [6.45, 7) is 0. The van der Waals surface area contributed by atoms with Crippen molar-refractivity contribution in [1.29, 1.82) is 0 Å². The molecule has 0 heterocycles. The van der Waals surface area contributed by atoms with Crippen LogP contribution < -0.4 is 10.1 Å². The lowest BCUT2D eigenvalue weighted by Crippen LogP contribution is -2.30. The lowest BCUT2D eigenvalue weighted by atomic mass is 9.94. The van der Waals surface area contributed by atoms with E-state index in [-0.39, 0.29) is 11.6 Å². The molecule has 4 heteroatoms. The van der Waals surface area contributed by atoms with Crippen molar-refractivity contribution in [3.63, 3.8) is 0 Å². The van der Waals surface area contributed by atoms with Crippen molar-refractivity contribution in [2.75, 3.05) is 7.11 Å². The molecule has 0 unspecified atom stereocenters. The van der Waals surface area contributed by atoms with Gasteiger partial charge in [0.25, 0.3) is 0 Å². The summed E-state index contributed by atoms with van der Waals surface area (Å²) in [5, 5.41) is 3.51. The Morgan fingerprint density at radius 2 is 1.62 bits per heavy atom. The summed E-state index contributed by atoms with van der Waals surface area (Å²) in [5.74, 6) is 0.340. The number of hydrogen-bond donors (Lipinski definition) is 1. The Bertz CT molecular complexity index is 760. The number of carbonyl (C=O) groups is 1. The molecule has 0 bridgehead atoms. The lowest BCUT2D eigenvalue weighted by Gasteiger charge is -2.25. The molecule has 2 aromatic carbocycles. The van der Waals surface area contributed by atoms with Crippen LogP contribution in [0.1, 0.15) is 48.0 Å². The van der Waals surface area contributed by atoms with Crippen LogP contribution in [0, 0.1) is 5.82 Å². The second-order valence-corrected chi connectivity index (χ2v) is 6.64. The van der Waals surface area contributed by atoms with Gasteiger partial charge in [0.15, 0.2) is 5.78 Å². The van der Waals surface area contributed by atoms with Crippen LogP contribution >= 0.6 is 0 Å². The van der Waals surface area contributed by atoms with Crippen LogP contribution in [0.4, 0.5) is 4.39 Å². The van der Waals surface area contributed by atoms with Crippen molar-refractivity contribution in [2.45, 2.75) is 38.1 Å². The summed E-state index contributed by atoms with van der Waals surface area (Å²) in [7, 11) is 1.59. The summed E-state index contributed by atoms with van der Waals surface area (Å²) < 4.78 is 18.4. The number of hydrogen-bond acceptors (Lipinski definition) is 3. The molecule has 2 aromatic rings. The minimum Gasteiger partial charge on any atom is -0.497 e. The smallest absolute Gasteiger partial charge is 0.187 e. The number of ether oxygens (including phenoxy) is 1. The van der Waals surface area contributed by atoms with Crippen LogP contribution in [-0.2, 0) is 0 Å². The van der Waals surface area contributed by atoms with Crippen molar-refractivity contribution in [2.24, 2.45) is 0 Å². The van der Waals surface area contributed by atoms with Crippen molar-refractivity contribution in [1.82, 2.24) is 5.32 Å². The van der Waals surface area contributed by atoms with Gasteiger partial charge in [-0.05, 0) is 66.9 Å². The van der Waals surface area contributed by atoms with Crippen molar-refractivity contribution in [3.8, 4) is 5.75 Å². The molecule has 0 amide bonds. The molecule has 1 saturated carbocycles. The molecule has 3 rings (SSSR count). The molecule has 0 saturated heterocycles. The zero-order valence-electron chi connectivity index (χ0n) is 15.0. The zero-order valence-corrected chi connectivity index (χ0v) is 15.0. The molecule has 1 aliphatic rings. The van der Waals surface area contributed by atoms with Crippen LogP contribution in [0.15, 0.2) is 54.6 Å². The molecule has 0 spiro atoms. The number of halogens is 1. The lowest BCUT2D eigenvalue weighted by molar-refractivity contribution is 0.104. The van der Waals surface area contributed by atoms with Gasteiger partial charge in [0.05, 0.1) is 7.11 Å². The van der Waals surface area contributed by atoms with E-state index in [0.29, 0.717) is 17.4 Å². The highest BCUT2D eigenvalue weighted by Crippen LogP contribution is 2.22. The summed E-state index contributed by atoms with van der Waals surface area (Å²) in [4.78, 5) is 12.7. The maximum absolute atomic E-state index is 13.3. The molecule has 0 radical (unpaired) electrons. The molecule has 26 heavy (non-hydrogen) atoms. The Balaban J connectivity index is 1.85. The van der Waals surface area contributed by atoms with Crippen LogP contribution in [0.5, 0.6) is 5.75 Å². The fraction of sp³-hybridized carbons (Fsp3) is 0.318. The highest BCUT2D eigenvalue weighted by atomic mass is 19.1. The molecular formula is C22H24FNO2. The predicted molar refractivity (Wildman–Crippen MR) is 102 cm³/mol. The molecule has 3 nitrogen and oxygen atoms in total. The van der Waals surface area contributed by atoms with E-state index in [1.165, 1.54) is 31.4 Å². The maximum Gasteiger partial charge on any atom is 0.187 e. The molecule has 1 fully saturated rings. The van der Waals surface area contributed by atoms with E-state index in [1.54, 1.807) is 49.6 Å². The second-order valence-electron chi connectivity index (χ2n) is 6.64. The number of carbonyl (C=O) groups excluding carboxylic acids is 1. The fourth-order valence-corrected chi connectivity index (χ4v) is 3.27. The van der Waals surface area contributed by atoms with E-state index in [4.69, 9.17) is 4.74 Å².